The Bertz CT molecular complexity index is 627. The molecule has 21 heavy (non-hydrogen) atoms. The molecule has 0 amide bonds. The second-order valence-corrected chi connectivity index (χ2v) is 5.41. The molecule has 0 saturated carbocycles. The molecule has 4 atom stereocenters. The van der Waals surface area contributed by atoms with Gasteiger partial charge in [0.25, 0.3) is 0 Å². The second kappa shape index (κ2) is 6.28. The Labute approximate surface area is 123 Å². The summed E-state index contributed by atoms with van der Waals surface area (Å²) in [6, 6.07) is 6.24. The van der Waals surface area contributed by atoms with E-state index in [9.17, 15) is 4.79 Å². The third kappa shape index (κ3) is 3.09. The van der Waals surface area contributed by atoms with Crippen molar-refractivity contribution in [2.75, 3.05) is 13.2 Å². The predicted molar refractivity (Wildman–Crippen MR) is 72.6 cm³/mol. The highest BCUT2D eigenvalue weighted by atomic mass is 31.2. The minimum absolute atomic E-state index is 0.0141. The summed E-state index contributed by atoms with van der Waals surface area (Å²) in [5.74, 6) is -0.104. The summed E-state index contributed by atoms with van der Waals surface area (Å²) >= 11 is 0. The first-order valence-electron chi connectivity index (χ1n) is 6.79. The van der Waals surface area contributed by atoms with Crippen LogP contribution in [0.15, 0.2) is 29.4 Å². The molecule has 0 bridgehead atoms. The van der Waals surface area contributed by atoms with Crippen LogP contribution in [-0.2, 0) is 13.8 Å². The molecule has 0 aliphatic carbocycles. The van der Waals surface area contributed by atoms with E-state index >= 15 is 0 Å². The average Bonchev–Trinajstić information content (AvgIpc) is 2.85. The molecule has 1 unspecified atom stereocenters. The number of nitrogens with zero attached hydrogens (tertiary/aromatic N) is 3. The van der Waals surface area contributed by atoms with Gasteiger partial charge in [0.05, 0.1) is 20.1 Å². The molecule has 2 aliphatic rings. The highest BCUT2D eigenvalue weighted by Gasteiger charge is 2.34. The number of para-hydroxylation sites is 1. The molecule has 0 aromatic heterocycles. The number of benzene rings is 1. The van der Waals surface area contributed by atoms with Crippen molar-refractivity contribution < 1.29 is 24.5 Å². The first-order valence-corrected chi connectivity index (χ1v) is 7.31. The van der Waals surface area contributed by atoms with Gasteiger partial charge >= 0.3 is 14.6 Å². The van der Waals surface area contributed by atoms with Crippen molar-refractivity contribution >= 4 is 14.6 Å². The summed E-state index contributed by atoms with van der Waals surface area (Å²) in [6.45, 7) is -0.743. The molecule has 2 heterocycles. The van der Waals surface area contributed by atoms with Gasteiger partial charge < -0.3 is 13.8 Å². The van der Waals surface area contributed by atoms with Gasteiger partial charge in [-0.05, 0) is 24.1 Å². The number of azide groups is 1. The first kappa shape index (κ1) is 12.9. The van der Waals surface area contributed by atoms with Crippen LogP contribution in [0.2, 0.25) is 0 Å². The van der Waals surface area contributed by atoms with Gasteiger partial charge in [-0.3, -0.25) is 4.52 Å². The minimum Gasteiger partial charge on any atom is -0.417 e. The van der Waals surface area contributed by atoms with Gasteiger partial charge in [0.1, 0.15) is 11.3 Å². The van der Waals surface area contributed by atoms with Crippen LogP contribution in [0, 0.1) is 0 Å². The summed E-state index contributed by atoms with van der Waals surface area (Å²) < 4.78 is 28.8. The fourth-order valence-corrected chi connectivity index (χ4v) is 2.94. The monoisotopic (exact) mass is 311 g/mol. The highest BCUT2D eigenvalue weighted by molar-refractivity contribution is 7.43. The molecule has 1 fully saturated rings. The zero-order valence-corrected chi connectivity index (χ0v) is 11.7. The van der Waals surface area contributed by atoms with Crippen molar-refractivity contribution in [3.8, 4) is 5.75 Å². The molecule has 1 aromatic rings. The van der Waals surface area contributed by atoms with Gasteiger partial charge in [0.2, 0.25) is 0 Å². The van der Waals surface area contributed by atoms with Gasteiger partial charge in [0.15, 0.2) is 0 Å². The van der Waals surface area contributed by atoms with Gasteiger partial charge in [-0.1, -0.05) is 17.2 Å². The number of ether oxygens (including phenoxy) is 1. The number of carbonyl (C=O) groups excluding carboxylic acids is 1. The number of hydrogen-bond donors (Lipinski definition) is 0. The van der Waals surface area contributed by atoms with Gasteiger partial charge in [-0.2, -0.15) is 0 Å². The standard InChI is InChI=1S/C12H12N3O5P/c13-15-14-9-5-6-17-11(9)7-18-21-19-10-4-2-1-3-8(10)12(16)20-21/h1-4,9,11H,5-7H2/t9-,11-,21?/m1/s1/i6T/t6-,9+,11+,21?/m0. The second-order valence-electron chi connectivity index (χ2n) is 4.33. The Balaban J connectivity index is 1.61. The number of rotatable bonds is 4. The van der Waals surface area contributed by atoms with E-state index in [1.54, 1.807) is 24.3 Å². The van der Waals surface area contributed by atoms with Gasteiger partial charge in [-0.15, -0.1) is 0 Å². The van der Waals surface area contributed by atoms with Crippen molar-refractivity contribution in [3.05, 3.63) is 40.3 Å². The predicted octanol–water partition coefficient (Wildman–Crippen LogP) is 2.95. The smallest absolute Gasteiger partial charge is 0.417 e. The quantitative estimate of drug-likeness (QED) is 0.368. The maximum atomic E-state index is 11.8. The topological polar surface area (TPSA) is 103 Å². The van der Waals surface area contributed by atoms with E-state index < -0.39 is 33.3 Å². The molecule has 9 heteroatoms. The third-order valence-electron chi connectivity index (χ3n) is 3.02. The SMILES string of the molecule is [3H][C@H]1C[C@@H](N=[N+]=[N-])[C@@H](COP2OC(=O)c3ccccc3O2)O1. The lowest BCUT2D eigenvalue weighted by atomic mass is 10.2. The fraction of sp³-hybridized carbons (Fsp3) is 0.417. The van der Waals surface area contributed by atoms with E-state index in [1.165, 1.54) is 0 Å². The fourth-order valence-electron chi connectivity index (χ4n) is 1.98. The highest BCUT2D eigenvalue weighted by Crippen LogP contribution is 2.47. The van der Waals surface area contributed by atoms with Crippen LogP contribution in [0.1, 0.15) is 18.1 Å². The lowest BCUT2D eigenvalue weighted by Gasteiger charge is -2.23. The van der Waals surface area contributed by atoms with Crippen molar-refractivity contribution in [1.29, 1.82) is 0 Å². The maximum absolute atomic E-state index is 11.8. The van der Waals surface area contributed by atoms with Crippen LogP contribution in [0.5, 0.6) is 5.75 Å². The van der Waals surface area contributed by atoms with Gasteiger partial charge in [0, 0.05) is 11.5 Å². The number of fused-ring (bicyclic) bond motifs is 1. The largest absolute Gasteiger partial charge is 0.465 e. The number of hydrogen-bond acceptors (Lipinski definition) is 6. The molecule has 0 N–H and O–H groups in total. The maximum Gasteiger partial charge on any atom is 0.465 e. The summed E-state index contributed by atoms with van der Waals surface area (Å²) in [6.07, 6.45) is -0.250. The molecular formula is C12H12N3O5P. The molecule has 1 aromatic carbocycles. The van der Waals surface area contributed by atoms with Crippen LogP contribution in [-0.4, -0.2) is 31.3 Å². The molecule has 0 spiro atoms. The van der Waals surface area contributed by atoms with Crippen molar-refractivity contribution in [1.82, 2.24) is 0 Å². The summed E-state index contributed by atoms with van der Waals surface area (Å²) in [5.41, 5.74) is 8.85. The Hall–Kier alpha value is -1.85. The number of carbonyl (C=O) groups is 1. The van der Waals surface area contributed by atoms with E-state index in [2.05, 4.69) is 10.0 Å². The summed E-state index contributed by atoms with van der Waals surface area (Å²) in [7, 11) is -1.88. The molecule has 110 valence electrons. The third-order valence-corrected chi connectivity index (χ3v) is 4.04. The normalized spacial score (nSPS) is 31.4. The summed E-state index contributed by atoms with van der Waals surface area (Å²) in [4.78, 5) is 14.6. The lowest BCUT2D eigenvalue weighted by Crippen LogP contribution is -2.25. The molecular weight excluding hydrogens is 297 g/mol. The minimum atomic E-state index is -1.88. The van der Waals surface area contributed by atoms with Gasteiger partial charge in [-0.25, -0.2) is 4.79 Å². The van der Waals surface area contributed by atoms with Crippen LogP contribution in [0.25, 0.3) is 10.4 Å². The van der Waals surface area contributed by atoms with Crippen LogP contribution < -0.4 is 4.52 Å². The Morgan fingerprint density at radius 1 is 1.52 bits per heavy atom. The van der Waals surface area contributed by atoms with Crippen LogP contribution in [0.3, 0.4) is 0 Å². The van der Waals surface area contributed by atoms with Crippen LogP contribution in [0.4, 0.5) is 0 Å². The molecule has 3 rings (SSSR count). The van der Waals surface area contributed by atoms with Crippen molar-refractivity contribution in [3.63, 3.8) is 0 Å². The Kier molecular flexibility index (Phi) is 3.85. The zero-order valence-electron chi connectivity index (χ0n) is 11.8. The van der Waals surface area contributed by atoms with Crippen LogP contribution >= 0.6 is 8.60 Å². The van der Waals surface area contributed by atoms with Crippen molar-refractivity contribution in [2.24, 2.45) is 5.11 Å². The molecule has 0 radical (unpaired) electrons. The zero-order chi connectivity index (χ0) is 15.5. The van der Waals surface area contributed by atoms with E-state index in [4.69, 9.17) is 25.2 Å². The summed E-state index contributed by atoms with van der Waals surface area (Å²) in [5, 5.41) is 3.58. The van der Waals surface area contributed by atoms with E-state index in [-0.39, 0.29) is 6.61 Å². The Morgan fingerprint density at radius 3 is 3.24 bits per heavy atom. The van der Waals surface area contributed by atoms with Crippen molar-refractivity contribution in [2.45, 2.75) is 18.6 Å². The molecule has 2 aliphatic heterocycles. The van der Waals surface area contributed by atoms with E-state index in [0.29, 0.717) is 17.7 Å². The lowest BCUT2D eigenvalue weighted by molar-refractivity contribution is 0.0469. The average molecular weight is 311 g/mol. The Morgan fingerprint density at radius 2 is 2.38 bits per heavy atom. The van der Waals surface area contributed by atoms with E-state index in [1.807, 2.05) is 0 Å². The van der Waals surface area contributed by atoms with E-state index in [0.717, 1.165) is 0 Å². The molecule has 1 saturated heterocycles. The molecule has 8 nitrogen and oxygen atoms in total. The first-order chi connectivity index (χ1) is 10.7.